The molecule has 0 bridgehead atoms. The van der Waals surface area contributed by atoms with Crippen LogP contribution in [-0.2, 0) is 0 Å². The van der Waals surface area contributed by atoms with Crippen LogP contribution < -0.4 is 10.1 Å². The second kappa shape index (κ2) is 5.54. The number of ether oxygens (including phenoxy) is 1. The third kappa shape index (κ3) is 3.11. The number of hydrogen-bond donors (Lipinski definition) is 1. The lowest BCUT2D eigenvalue weighted by Crippen LogP contribution is -2.25. The monoisotopic (exact) mass is 261 g/mol. The van der Waals surface area contributed by atoms with Crippen molar-refractivity contribution in [3.05, 3.63) is 29.3 Å². The first-order valence-electron chi connectivity index (χ1n) is 7.37. The second-order valence-electron chi connectivity index (χ2n) is 6.46. The summed E-state index contributed by atoms with van der Waals surface area (Å²) in [6, 6.07) is 7.08. The summed E-state index contributed by atoms with van der Waals surface area (Å²) in [7, 11) is 1.73. The molecular formula is C17H27NO. The van der Waals surface area contributed by atoms with Gasteiger partial charge in [0, 0.05) is 6.04 Å². The van der Waals surface area contributed by atoms with E-state index >= 15 is 0 Å². The van der Waals surface area contributed by atoms with Crippen LogP contribution in [0, 0.1) is 18.3 Å². The average molecular weight is 261 g/mol. The lowest BCUT2D eigenvalue weighted by molar-refractivity contribution is 0.405. The Kier molecular flexibility index (Phi) is 4.19. The fraction of sp³-hybridized carbons (Fsp3) is 0.647. The molecule has 1 aliphatic rings. The summed E-state index contributed by atoms with van der Waals surface area (Å²) in [5, 5.41) is 3.73. The standard InChI is InChI=1S/C17H27NO/c1-6-9-18-16(14-11-17(14,3)4)13-7-8-15(19-5)12(2)10-13/h7-8,10,14,16,18H,6,9,11H2,1-5H3. The van der Waals surface area contributed by atoms with Gasteiger partial charge in [-0.3, -0.25) is 0 Å². The fourth-order valence-corrected chi connectivity index (χ4v) is 2.96. The molecular weight excluding hydrogens is 234 g/mol. The van der Waals surface area contributed by atoms with Crippen molar-refractivity contribution < 1.29 is 4.74 Å². The van der Waals surface area contributed by atoms with Crippen LogP contribution in [0.1, 0.15) is 50.8 Å². The van der Waals surface area contributed by atoms with Crippen molar-refractivity contribution >= 4 is 0 Å². The van der Waals surface area contributed by atoms with Gasteiger partial charge in [0.15, 0.2) is 0 Å². The quantitative estimate of drug-likeness (QED) is 0.832. The number of benzene rings is 1. The Balaban J connectivity index is 2.20. The third-order valence-corrected chi connectivity index (χ3v) is 4.38. The lowest BCUT2D eigenvalue weighted by atomic mass is 9.95. The molecule has 19 heavy (non-hydrogen) atoms. The summed E-state index contributed by atoms with van der Waals surface area (Å²) in [6.07, 6.45) is 2.50. The first-order valence-corrected chi connectivity index (χ1v) is 7.37. The number of aryl methyl sites for hydroxylation is 1. The van der Waals surface area contributed by atoms with E-state index < -0.39 is 0 Å². The molecule has 1 fully saturated rings. The van der Waals surface area contributed by atoms with Crippen molar-refractivity contribution in [3.63, 3.8) is 0 Å². The summed E-state index contributed by atoms with van der Waals surface area (Å²) >= 11 is 0. The van der Waals surface area contributed by atoms with E-state index in [4.69, 9.17) is 4.74 Å². The molecule has 2 unspecified atom stereocenters. The molecule has 2 atom stereocenters. The van der Waals surface area contributed by atoms with E-state index in [1.165, 1.54) is 24.0 Å². The molecule has 1 aromatic carbocycles. The van der Waals surface area contributed by atoms with Gasteiger partial charge in [0.25, 0.3) is 0 Å². The van der Waals surface area contributed by atoms with Crippen LogP contribution in [0.15, 0.2) is 18.2 Å². The number of hydrogen-bond acceptors (Lipinski definition) is 2. The topological polar surface area (TPSA) is 21.3 Å². The van der Waals surface area contributed by atoms with Crippen LogP contribution >= 0.6 is 0 Å². The highest BCUT2D eigenvalue weighted by Crippen LogP contribution is 2.57. The van der Waals surface area contributed by atoms with Crippen molar-refractivity contribution in [3.8, 4) is 5.75 Å². The van der Waals surface area contributed by atoms with Gasteiger partial charge in [-0.1, -0.05) is 32.9 Å². The summed E-state index contributed by atoms with van der Waals surface area (Å²) in [5.41, 5.74) is 3.11. The zero-order valence-corrected chi connectivity index (χ0v) is 12.9. The average Bonchev–Trinajstić information content (AvgIpc) is 2.99. The first kappa shape index (κ1) is 14.4. The molecule has 106 valence electrons. The third-order valence-electron chi connectivity index (χ3n) is 4.38. The predicted molar refractivity (Wildman–Crippen MR) is 80.7 cm³/mol. The molecule has 0 spiro atoms. The highest BCUT2D eigenvalue weighted by molar-refractivity contribution is 5.38. The van der Waals surface area contributed by atoms with E-state index in [1.807, 2.05) is 0 Å². The van der Waals surface area contributed by atoms with Gasteiger partial charge in [0.1, 0.15) is 5.75 Å². The Morgan fingerprint density at radius 1 is 1.42 bits per heavy atom. The summed E-state index contributed by atoms with van der Waals surface area (Å²) < 4.78 is 5.36. The zero-order chi connectivity index (χ0) is 14.0. The van der Waals surface area contributed by atoms with Crippen molar-refractivity contribution in [1.82, 2.24) is 5.32 Å². The molecule has 0 aromatic heterocycles. The molecule has 2 rings (SSSR count). The van der Waals surface area contributed by atoms with E-state index in [0.29, 0.717) is 11.5 Å². The summed E-state index contributed by atoms with van der Waals surface area (Å²) in [5.74, 6) is 1.74. The minimum Gasteiger partial charge on any atom is -0.496 e. The second-order valence-corrected chi connectivity index (χ2v) is 6.46. The Morgan fingerprint density at radius 3 is 2.58 bits per heavy atom. The predicted octanol–water partition coefficient (Wildman–Crippen LogP) is 4.09. The van der Waals surface area contributed by atoms with Gasteiger partial charge >= 0.3 is 0 Å². The van der Waals surface area contributed by atoms with Gasteiger partial charge < -0.3 is 10.1 Å². The highest BCUT2D eigenvalue weighted by atomic mass is 16.5. The first-order chi connectivity index (χ1) is 8.99. The van der Waals surface area contributed by atoms with Gasteiger partial charge in [-0.25, -0.2) is 0 Å². The lowest BCUT2D eigenvalue weighted by Gasteiger charge is -2.22. The van der Waals surface area contributed by atoms with Crippen LogP contribution in [0.2, 0.25) is 0 Å². The van der Waals surface area contributed by atoms with E-state index in [1.54, 1.807) is 7.11 Å². The van der Waals surface area contributed by atoms with Crippen LogP contribution in [0.25, 0.3) is 0 Å². The molecule has 1 saturated carbocycles. The molecule has 0 heterocycles. The van der Waals surface area contributed by atoms with Crippen molar-refractivity contribution in [2.45, 2.75) is 46.6 Å². The largest absolute Gasteiger partial charge is 0.496 e. The smallest absolute Gasteiger partial charge is 0.121 e. The van der Waals surface area contributed by atoms with Gasteiger partial charge in [0.2, 0.25) is 0 Å². The Bertz CT molecular complexity index is 439. The Morgan fingerprint density at radius 2 is 2.11 bits per heavy atom. The van der Waals surface area contributed by atoms with Gasteiger partial charge in [0.05, 0.1) is 7.11 Å². The molecule has 0 saturated heterocycles. The van der Waals surface area contributed by atoms with Crippen molar-refractivity contribution in [1.29, 1.82) is 0 Å². The van der Waals surface area contributed by atoms with E-state index in [0.717, 1.165) is 18.2 Å². The van der Waals surface area contributed by atoms with E-state index in [2.05, 4.69) is 51.2 Å². The molecule has 2 nitrogen and oxygen atoms in total. The molecule has 0 aliphatic heterocycles. The normalized spacial score (nSPS) is 22.1. The Hall–Kier alpha value is -1.02. The molecule has 1 aromatic rings. The van der Waals surface area contributed by atoms with Gasteiger partial charge in [-0.2, -0.15) is 0 Å². The SMILES string of the molecule is CCCNC(c1ccc(OC)c(C)c1)C1CC1(C)C. The van der Waals surface area contributed by atoms with Gasteiger partial charge in [-0.05, 0) is 54.8 Å². The number of rotatable bonds is 6. The molecule has 2 heteroatoms. The van der Waals surface area contributed by atoms with Crippen LogP contribution in [-0.4, -0.2) is 13.7 Å². The maximum Gasteiger partial charge on any atom is 0.121 e. The molecule has 1 N–H and O–H groups in total. The molecule has 1 aliphatic carbocycles. The minimum atomic E-state index is 0.485. The number of methoxy groups -OCH3 is 1. The molecule has 0 amide bonds. The molecule has 0 radical (unpaired) electrons. The fourth-order valence-electron chi connectivity index (χ4n) is 2.96. The van der Waals surface area contributed by atoms with Crippen LogP contribution in [0.5, 0.6) is 5.75 Å². The van der Waals surface area contributed by atoms with E-state index in [-0.39, 0.29) is 0 Å². The highest BCUT2D eigenvalue weighted by Gasteiger charge is 2.50. The van der Waals surface area contributed by atoms with Crippen molar-refractivity contribution in [2.75, 3.05) is 13.7 Å². The maximum absolute atomic E-state index is 5.36. The van der Waals surface area contributed by atoms with Crippen LogP contribution in [0.4, 0.5) is 0 Å². The van der Waals surface area contributed by atoms with Crippen molar-refractivity contribution in [2.24, 2.45) is 11.3 Å². The maximum atomic E-state index is 5.36. The Labute approximate surface area is 117 Å². The summed E-state index contributed by atoms with van der Waals surface area (Å²) in [4.78, 5) is 0. The van der Waals surface area contributed by atoms with E-state index in [9.17, 15) is 0 Å². The summed E-state index contributed by atoms with van der Waals surface area (Å²) in [6.45, 7) is 10.2. The zero-order valence-electron chi connectivity index (χ0n) is 12.9. The minimum absolute atomic E-state index is 0.485. The van der Waals surface area contributed by atoms with Gasteiger partial charge in [-0.15, -0.1) is 0 Å². The number of nitrogens with one attached hydrogen (secondary N) is 1. The van der Waals surface area contributed by atoms with Crippen LogP contribution in [0.3, 0.4) is 0 Å².